The van der Waals surface area contributed by atoms with Crippen molar-refractivity contribution in [2.24, 2.45) is 17.6 Å². The summed E-state index contributed by atoms with van der Waals surface area (Å²) in [7, 11) is 0. The Labute approximate surface area is 85.2 Å². The highest BCUT2D eigenvalue weighted by Gasteiger charge is 2.29. The molecule has 3 heteroatoms. The van der Waals surface area contributed by atoms with Crippen LogP contribution in [0, 0.1) is 11.8 Å². The Bertz CT molecular complexity index is 153. The van der Waals surface area contributed by atoms with Gasteiger partial charge in [-0.3, -0.25) is 0 Å². The van der Waals surface area contributed by atoms with E-state index in [4.69, 9.17) is 5.73 Å². The SMILES string of the molecule is NCCCC1CN(CC2CSC2)C1. The van der Waals surface area contributed by atoms with Gasteiger partial charge in [-0.05, 0) is 42.7 Å². The van der Waals surface area contributed by atoms with Crippen LogP contribution in [0.1, 0.15) is 12.8 Å². The van der Waals surface area contributed by atoms with E-state index in [1.54, 1.807) is 0 Å². The van der Waals surface area contributed by atoms with Crippen molar-refractivity contribution in [1.82, 2.24) is 4.90 Å². The van der Waals surface area contributed by atoms with Crippen LogP contribution in [-0.2, 0) is 0 Å². The van der Waals surface area contributed by atoms with Crippen molar-refractivity contribution in [3.8, 4) is 0 Å². The predicted molar refractivity (Wildman–Crippen MR) is 59.0 cm³/mol. The first kappa shape index (κ1) is 9.81. The van der Waals surface area contributed by atoms with Gasteiger partial charge in [0, 0.05) is 19.6 Å². The summed E-state index contributed by atoms with van der Waals surface area (Å²) in [6.45, 7) is 4.93. The molecule has 2 nitrogen and oxygen atoms in total. The van der Waals surface area contributed by atoms with Crippen LogP contribution >= 0.6 is 11.8 Å². The number of likely N-dealkylation sites (tertiary alicyclic amines) is 1. The van der Waals surface area contributed by atoms with Crippen molar-refractivity contribution in [2.75, 3.05) is 37.7 Å². The number of nitrogens with zero attached hydrogens (tertiary/aromatic N) is 1. The Hall–Kier alpha value is 0.270. The highest BCUT2D eigenvalue weighted by molar-refractivity contribution is 8.00. The van der Waals surface area contributed by atoms with Crippen molar-refractivity contribution < 1.29 is 0 Å². The average Bonchev–Trinajstić information content (AvgIpc) is 1.97. The van der Waals surface area contributed by atoms with Crippen LogP contribution in [0.3, 0.4) is 0 Å². The molecule has 2 fully saturated rings. The molecule has 13 heavy (non-hydrogen) atoms. The molecule has 2 N–H and O–H groups in total. The second kappa shape index (κ2) is 4.67. The maximum atomic E-state index is 5.49. The Kier molecular flexibility index (Phi) is 3.52. The van der Waals surface area contributed by atoms with Crippen LogP contribution in [-0.4, -0.2) is 42.6 Å². The van der Waals surface area contributed by atoms with Crippen molar-refractivity contribution in [2.45, 2.75) is 12.8 Å². The second-order valence-electron chi connectivity index (χ2n) is 4.42. The Morgan fingerprint density at radius 3 is 2.54 bits per heavy atom. The Morgan fingerprint density at radius 2 is 2.00 bits per heavy atom. The second-order valence-corrected chi connectivity index (χ2v) is 5.49. The molecule has 0 unspecified atom stereocenters. The summed E-state index contributed by atoms with van der Waals surface area (Å²) in [6.07, 6.45) is 2.57. The molecular formula is C10H20N2S. The molecule has 0 aliphatic carbocycles. The summed E-state index contributed by atoms with van der Waals surface area (Å²) in [5, 5.41) is 0. The van der Waals surface area contributed by atoms with Gasteiger partial charge in [-0.2, -0.15) is 11.8 Å². The lowest BCUT2D eigenvalue weighted by Crippen LogP contribution is -2.50. The third kappa shape index (κ3) is 2.61. The minimum atomic E-state index is 0.871. The summed E-state index contributed by atoms with van der Waals surface area (Å²) in [6, 6.07) is 0. The molecule has 0 aromatic carbocycles. The maximum absolute atomic E-state index is 5.49. The predicted octanol–water partition coefficient (Wildman–Crippen LogP) is 1.02. The normalized spacial score (nSPS) is 25.6. The van der Waals surface area contributed by atoms with Crippen molar-refractivity contribution >= 4 is 11.8 Å². The van der Waals surface area contributed by atoms with Gasteiger partial charge in [0.2, 0.25) is 0 Å². The van der Waals surface area contributed by atoms with E-state index in [0.29, 0.717) is 0 Å². The van der Waals surface area contributed by atoms with Crippen LogP contribution < -0.4 is 5.73 Å². The maximum Gasteiger partial charge on any atom is 0.00257 e. The number of rotatable bonds is 5. The third-order valence-electron chi connectivity index (χ3n) is 3.07. The molecule has 0 bridgehead atoms. The van der Waals surface area contributed by atoms with Crippen LogP contribution in [0.5, 0.6) is 0 Å². The summed E-state index contributed by atoms with van der Waals surface area (Å²) in [5.74, 6) is 4.80. The highest BCUT2D eigenvalue weighted by atomic mass is 32.2. The fourth-order valence-corrected chi connectivity index (χ4v) is 2.95. The van der Waals surface area contributed by atoms with E-state index in [1.165, 1.54) is 44.0 Å². The largest absolute Gasteiger partial charge is 0.330 e. The van der Waals surface area contributed by atoms with Crippen LogP contribution in [0.4, 0.5) is 0 Å². The van der Waals surface area contributed by atoms with Gasteiger partial charge in [-0.15, -0.1) is 0 Å². The van der Waals surface area contributed by atoms with Crippen LogP contribution in [0.15, 0.2) is 0 Å². The van der Waals surface area contributed by atoms with Gasteiger partial charge in [0.05, 0.1) is 0 Å². The molecular weight excluding hydrogens is 180 g/mol. The van der Waals surface area contributed by atoms with E-state index in [1.807, 2.05) is 0 Å². The number of nitrogens with two attached hydrogens (primary N) is 1. The van der Waals surface area contributed by atoms with E-state index in [9.17, 15) is 0 Å². The number of hydrogen-bond acceptors (Lipinski definition) is 3. The number of hydrogen-bond donors (Lipinski definition) is 1. The Morgan fingerprint density at radius 1 is 1.23 bits per heavy atom. The third-order valence-corrected chi connectivity index (χ3v) is 4.49. The van der Waals surface area contributed by atoms with Gasteiger partial charge >= 0.3 is 0 Å². The minimum absolute atomic E-state index is 0.871. The first-order chi connectivity index (χ1) is 6.38. The average molecular weight is 200 g/mol. The lowest BCUT2D eigenvalue weighted by atomic mass is 9.93. The molecule has 2 rings (SSSR count). The zero-order chi connectivity index (χ0) is 9.10. The van der Waals surface area contributed by atoms with E-state index < -0.39 is 0 Å². The van der Waals surface area contributed by atoms with Gasteiger partial charge in [0.1, 0.15) is 0 Å². The molecule has 0 atom stereocenters. The molecule has 2 aliphatic rings. The molecule has 0 saturated carbocycles. The molecule has 76 valence electrons. The molecule has 0 aromatic rings. The topological polar surface area (TPSA) is 29.3 Å². The summed E-state index contributed by atoms with van der Waals surface area (Å²) in [5.41, 5.74) is 5.49. The van der Waals surface area contributed by atoms with Crippen molar-refractivity contribution in [3.05, 3.63) is 0 Å². The van der Waals surface area contributed by atoms with Gasteiger partial charge < -0.3 is 10.6 Å². The zero-order valence-electron chi connectivity index (χ0n) is 8.24. The van der Waals surface area contributed by atoms with E-state index in [0.717, 1.165) is 18.4 Å². The summed E-state index contributed by atoms with van der Waals surface area (Å²) < 4.78 is 0. The molecule has 0 radical (unpaired) electrons. The summed E-state index contributed by atoms with van der Waals surface area (Å²) in [4.78, 5) is 2.62. The fraction of sp³-hybridized carbons (Fsp3) is 1.00. The first-order valence-electron chi connectivity index (χ1n) is 5.38. The lowest BCUT2D eigenvalue weighted by Gasteiger charge is -2.42. The van der Waals surface area contributed by atoms with Gasteiger partial charge in [0.25, 0.3) is 0 Å². The van der Waals surface area contributed by atoms with Gasteiger partial charge in [-0.1, -0.05) is 0 Å². The van der Waals surface area contributed by atoms with Gasteiger partial charge in [-0.25, -0.2) is 0 Å². The minimum Gasteiger partial charge on any atom is -0.330 e. The standard InChI is InChI=1S/C10H20N2S/c11-3-1-2-9-4-12(5-9)6-10-7-13-8-10/h9-10H,1-8,11H2. The lowest BCUT2D eigenvalue weighted by molar-refractivity contribution is 0.0805. The first-order valence-corrected chi connectivity index (χ1v) is 6.54. The quantitative estimate of drug-likeness (QED) is 0.718. The van der Waals surface area contributed by atoms with E-state index in [2.05, 4.69) is 16.7 Å². The van der Waals surface area contributed by atoms with E-state index in [-0.39, 0.29) is 0 Å². The molecule has 2 saturated heterocycles. The molecule has 2 aliphatic heterocycles. The van der Waals surface area contributed by atoms with Crippen molar-refractivity contribution in [1.29, 1.82) is 0 Å². The summed E-state index contributed by atoms with van der Waals surface area (Å²) >= 11 is 2.09. The molecule has 0 amide bonds. The Balaban J connectivity index is 1.51. The van der Waals surface area contributed by atoms with Crippen LogP contribution in [0.25, 0.3) is 0 Å². The van der Waals surface area contributed by atoms with Crippen LogP contribution in [0.2, 0.25) is 0 Å². The highest BCUT2D eigenvalue weighted by Crippen LogP contribution is 2.28. The molecule has 0 aromatic heterocycles. The van der Waals surface area contributed by atoms with Crippen molar-refractivity contribution in [3.63, 3.8) is 0 Å². The fourth-order valence-electron chi connectivity index (χ4n) is 2.17. The smallest absolute Gasteiger partial charge is 0.00257 e. The monoisotopic (exact) mass is 200 g/mol. The van der Waals surface area contributed by atoms with E-state index >= 15 is 0 Å². The zero-order valence-corrected chi connectivity index (χ0v) is 9.06. The molecule has 2 heterocycles. The molecule has 0 spiro atoms. The van der Waals surface area contributed by atoms with Gasteiger partial charge in [0.15, 0.2) is 0 Å². The number of thioether (sulfide) groups is 1.